The zero-order valence-electron chi connectivity index (χ0n) is 6.62. The second-order valence-corrected chi connectivity index (χ2v) is 3.04. The zero-order chi connectivity index (χ0) is 8.10. The Morgan fingerprint density at radius 2 is 2.36 bits per heavy atom. The Kier molecular flexibility index (Phi) is 3.34. The fourth-order valence-corrected chi connectivity index (χ4v) is 0.904. The van der Waals surface area contributed by atoms with E-state index in [4.69, 9.17) is 15.7 Å². The summed E-state index contributed by atoms with van der Waals surface area (Å²) < 4.78 is 5.19. The number of nitriles is 1. The van der Waals surface area contributed by atoms with E-state index in [0.29, 0.717) is 6.61 Å². The minimum absolute atomic E-state index is 0.378. The van der Waals surface area contributed by atoms with Gasteiger partial charge in [0.05, 0.1) is 12.7 Å². The molecule has 1 aliphatic carbocycles. The van der Waals surface area contributed by atoms with Crippen LogP contribution >= 0.6 is 0 Å². The van der Waals surface area contributed by atoms with E-state index in [1.54, 1.807) is 0 Å². The molecule has 0 spiro atoms. The maximum atomic E-state index is 8.30. The molecular formula is C8H14N2O. The van der Waals surface area contributed by atoms with Crippen molar-refractivity contribution in [1.82, 2.24) is 0 Å². The SMILES string of the molecule is N#CC(N)COCCC1CC1. The molecule has 1 rings (SSSR count). The van der Waals surface area contributed by atoms with Gasteiger partial charge in [-0.2, -0.15) is 5.26 Å². The van der Waals surface area contributed by atoms with E-state index in [1.807, 2.05) is 6.07 Å². The minimum Gasteiger partial charge on any atom is -0.379 e. The molecule has 0 aliphatic heterocycles. The molecule has 62 valence electrons. The first-order valence-electron chi connectivity index (χ1n) is 4.06. The van der Waals surface area contributed by atoms with Crippen LogP contribution in [0.1, 0.15) is 19.3 Å². The average molecular weight is 154 g/mol. The van der Waals surface area contributed by atoms with Crippen LogP contribution in [-0.2, 0) is 4.74 Å². The summed E-state index contributed by atoms with van der Waals surface area (Å²) in [5.41, 5.74) is 5.32. The van der Waals surface area contributed by atoms with Crippen LogP contribution in [0.25, 0.3) is 0 Å². The molecule has 11 heavy (non-hydrogen) atoms. The lowest BCUT2D eigenvalue weighted by Gasteiger charge is -2.03. The lowest BCUT2D eigenvalue weighted by atomic mass is 10.3. The van der Waals surface area contributed by atoms with Crippen molar-refractivity contribution < 1.29 is 4.74 Å². The molecule has 3 heteroatoms. The summed E-state index contributed by atoms with van der Waals surface area (Å²) in [4.78, 5) is 0. The molecule has 1 unspecified atom stereocenters. The smallest absolute Gasteiger partial charge is 0.116 e. The van der Waals surface area contributed by atoms with Crippen molar-refractivity contribution in [1.29, 1.82) is 5.26 Å². The summed E-state index contributed by atoms with van der Waals surface area (Å²) in [6, 6.07) is 1.47. The van der Waals surface area contributed by atoms with Crippen molar-refractivity contribution in [2.45, 2.75) is 25.3 Å². The van der Waals surface area contributed by atoms with Gasteiger partial charge in [0.25, 0.3) is 0 Å². The van der Waals surface area contributed by atoms with E-state index in [-0.39, 0.29) is 0 Å². The van der Waals surface area contributed by atoms with Gasteiger partial charge in [-0.25, -0.2) is 0 Å². The van der Waals surface area contributed by atoms with Crippen molar-refractivity contribution in [3.8, 4) is 6.07 Å². The highest BCUT2D eigenvalue weighted by Crippen LogP contribution is 2.31. The topological polar surface area (TPSA) is 59.0 Å². The van der Waals surface area contributed by atoms with Gasteiger partial charge in [-0.1, -0.05) is 12.8 Å². The number of ether oxygens (including phenoxy) is 1. The van der Waals surface area contributed by atoms with Crippen LogP contribution in [-0.4, -0.2) is 19.3 Å². The highest BCUT2D eigenvalue weighted by molar-refractivity contribution is 4.85. The number of hydrogen-bond acceptors (Lipinski definition) is 3. The molecule has 1 saturated carbocycles. The monoisotopic (exact) mass is 154 g/mol. The van der Waals surface area contributed by atoms with E-state index in [0.717, 1.165) is 18.9 Å². The van der Waals surface area contributed by atoms with Crippen LogP contribution in [0.3, 0.4) is 0 Å². The number of nitrogens with two attached hydrogens (primary N) is 1. The second-order valence-electron chi connectivity index (χ2n) is 3.04. The van der Waals surface area contributed by atoms with Gasteiger partial charge in [-0.3, -0.25) is 0 Å². The first kappa shape index (κ1) is 8.51. The Balaban J connectivity index is 1.83. The first-order chi connectivity index (χ1) is 5.33. The summed E-state index contributed by atoms with van der Waals surface area (Å²) in [5.74, 6) is 0.897. The van der Waals surface area contributed by atoms with Crippen LogP contribution in [0, 0.1) is 17.2 Å². The summed E-state index contributed by atoms with van der Waals surface area (Å²) >= 11 is 0. The zero-order valence-corrected chi connectivity index (χ0v) is 6.62. The lowest BCUT2D eigenvalue weighted by Crippen LogP contribution is -2.24. The van der Waals surface area contributed by atoms with E-state index in [1.165, 1.54) is 12.8 Å². The summed E-state index contributed by atoms with van der Waals surface area (Å²) in [6.07, 6.45) is 3.85. The van der Waals surface area contributed by atoms with Crippen molar-refractivity contribution in [2.24, 2.45) is 11.7 Å². The largest absolute Gasteiger partial charge is 0.379 e. The summed E-state index contributed by atoms with van der Waals surface area (Å²) in [5, 5.41) is 8.30. The molecule has 1 fully saturated rings. The van der Waals surface area contributed by atoms with Gasteiger partial charge in [0.1, 0.15) is 6.04 Å². The van der Waals surface area contributed by atoms with E-state index in [9.17, 15) is 0 Å². The van der Waals surface area contributed by atoms with Crippen molar-refractivity contribution >= 4 is 0 Å². The Morgan fingerprint density at radius 3 is 2.91 bits per heavy atom. The third kappa shape index (κ3) is 3.97. The molecule has 2 N–H and O–H groups in total. The normalized spacial score (nSPS) is 19.3. The molecule has 0 heterocycles. The molecule has 3 nitrogen and oxygen atoms in total. The van der Waals surface area contributed by atoms with Gasteiger partial charge in [-0.05, 0) is 12.3 Å². The van der Waals surface area contributed by atoms with Gasteiger partial charge >= 0.3 is 0 Å². The third-order valence-corrected chi connectivity index (χ3v) is 1.83. The van der Waals surface area contributed by atoms with Gasteiger partial charge in [0.15, 0.2) is 0 Å². The highest BCUT2D eigenvalue weighted by atomic mass is 16.5. The van der Waals surface area contributed by atoms with Crippen molar-refractivity contribution in [3.05, 3.63) is 0 Å². The minimum atomic E-state index is -0.450. The molecule has 0 bridgehead atoms. The molecule has 0 aromatic carbocycles. The standard InChI is InChI=1S/C8H14N2O/c9-5-8(10)6-11-4-3-7-1-2-7/h7-8H,1-4,6,10H2. The van der Waals surface area contributed by atoms with Crippen LogP contribution in [0.2, 0.25) is 0 Å². The van der Waals surface area contributed by atoms with E-state index in [2.05, 4.69) is 0 Å². The van der Waals surface area contributed by atoms with Crippen LogP contribution in [0.5, 0.6) is 0 Å². The summed E-state index contributed by atoms with van der Waals surface area (Å²) in [6.45, 7) is 1.14. The molecule has 0 radical (unpaired) electrons. The van der Waals surface area contributed by atoms with Crippen LogP contribution in [0.4, 0.5) is 0 Å². The molecule has 0 saturated heterocycles. The van der Waals surface area contributed by atoms with E-state index >= 15 is 0 Å². The Morgan fingerprint density at radius 1 is 1.64 bits per heavy atom. The molecule has 0 amide bonds. The maximum Gasteiger partial charge on any atom is 0.116 e. The summed E-state index contributed by atoms with van der Waals surface area (Å²) in [7, 11) is 0. The quantitative estimate of drug-likeness (QED) is 0.591. The van der Waals surface area contributed by atoms with Gasteiger partial charge < -0.3 is 10.5 Å². The molecule has 0 aromatic heterocycles. The Hall–Kier alpha value is -0.590. The lowest BCUT2D eigenvalue weighted by molar-refractivity contribution is 0.125. The predicted molar refractivity (Wildman–Crippen MR) is 41.7 cm³/mol. The average Bonchev–Trinajstić information content (AvgIpc) is 2.81. The number of rotatable bonds is 5. The molecule has 1 atom stereocenters. The van der Waals surface area contributed by atoms with E-state index < -0.39 is 6.04 Å². The van der Waals surface area contributed by atoms with Crippen molar-refractivity contribution in [3.63, 3.8) is 0 Å². The number of nitrogens with zero attached hydrogens (tertiary/aromatic N) is 1. The molecular weight excluding hydrogens is 140 g/mol. The molecule has 0 aromatic rings. The molecule has 1 aliphatic rings. The van der Waals surface area contributed by atoms with Gasteiger partial charge in [0.2, 0.25) is 0 Å². The first-order valence-corrected chi connectivity index (χ1v) is 4.06. The Labute approximate surface area is 67.1 Å². The predicted octanol–water partition coefficient (Wildman–Crippen LogP) is 0.654. The van der Waals surface area contributed by atoms with Crippen molar-refractivity contribution in [2.75, 3.05) is 13.2 Å². The Bertz CT molecular complexity index is 149. The third-order valence-electron chi connectivity index (χ3n) is 1.83. The fraction of sp³-hybridized carbons (Fsp3) is 0.875. The van der Waals surface area contributed by atoms with Crippen LogP contribution in [0.15, 0.2) is 0 Å². The highest BCUT2D eigenvalue weighted by Gasteiger charge is 2.20. The van der Waals surface area contributed by atoms with Gasteiger partial charge in [0, 0.05) is 6.61 Å². The van der Waals surface area contributed by atoms with Gasteiger partial charge in [-0.15, -0.1) is 0 Å². The second kappa shape index (κ2) is 4.32. The van der Waals surface area contributed by atoms with Crippen LogP contribution < -0.4 is 5.73 Å². The number of hydrogen-bond donors (Lipinski definition) is 1. The maximum absolute atomic E-state index is 8.30. The fourth-order valence-electron chi connectivity index (χ4n) is 0.904.